The highest BCUT2D eigenvalue weighted by atomic mass is 16.6. The number of rotatable bonds is 4. The fourth-order valence-electron chi connectivity index (χ4n) is 1.68. The van der Waals surface area contributed by atoms with Crippen LogP contribution in [0, 0.1) is 5.92 Å². The first-order valence-corrected chi connectivity index (χ1v) is 5.68. The summed E-state index contributed by atoms with van der Waals surface area (Å²) in [5, 5.41) is 10.1. The molecule has 4 heteroatoms. The molecule has 0 radical (unpaired) electrons. The van der Waals surface area contributed by atoms with Crippen molar-refractivity contribution in [2.24, 2.45) is 5.92 Å². The highest BCUT2D eigenvalue weighted by molar-refractivity contribution is 5.84. The largest absolute Gasteiger partial charge is 0.358 e. The van der Waals surface area contributed by atoms with Crippen molar-refractivity contribution in [1.29, 1.82) is 0 Å². The van der Waals surface area contributed by atoms with Gasteiger partial charge in [0.1, 0.15) is 0 Å². The molecule has 1 heterocycles. The molecule has 0 aromatic heterocycles. The molecule has 0 aliphatic carbocycles. The molecule has 0 aromatic carbocycles. The van der Waals surface area contributed by atoms with Gasteiger partial charge in [0.25, 0.3) is 5.91 Å². The Morgan fingerprint density at radius 2 is 2.27 bits per heavy atom. The van der Waals surface area contributed by atoms with Gasteiger partial charge in [-0.2, -0.15) is 0 Å². The van der Waals surface area contributed by atoms with E-state index in [1.54, 1.807) is 18.7 Å². The molecule has 15 heavy (non-hydrogen) atoms. The summed E-state index contributed by atoms with van der Waals surface area (Å²) in [5.74, 6) is -2.10. The predicted molar refractivity (Wildman–Crippen MR) is 57.2 cm³/mol. The molecule has 1 saturated heterocycles. The number of amides is 1. The summed E-state index contributed by atoms with van der Waals surface area (Å²) in [6.45, 7) is 7.40. The highest BCUT2D eigenvalue weighted by Gasteiger charge is 2.46. The lowest BCUT2D eigenvalue weighted by Crippen LogP contribution is -2.59. The average molecular weight is 215 g/mol. The Morgan fingerprint density at radius 1 is 1.60 bits per heavy atom. The Balaban J connectivity index is 2.66. The van der Waals surface area contributed by atoms with E-state index in [2.05, 4.69) is 6.92 Å². The van der Waals surface area contributed by atoms with Crippen molar-refractivity contribution in [2.75, 3.05) is 19.7 Å². The van der Waals surface area contributed by atoms with Crippen LogP contribution in [-0.2, 0) is 9.53 Å². The second kappa shape index (κ2) is 4.94. The SMILES string of the molecule is CCCCN1CCOC(O)(C(C)C)C1=O. The van der Waals surface area contributed by atoms with E-state index in [1.165, 1.54) is 0 Å². The van der Waals surface area contributed by atoms with Gasteiger partial charge in [-0.05, 0) is 6.42 Å². The molecule has 1 fully saturated rings. The van der Waals surface area contributed by atoms with Crippen LogP contribution in [0.1, 0.15) is 33.6 Å². The summed E-state index contributed by atoms with van der Waals surface area (Å²) in [4.78, 5) is 13.6. The molecule has 0 aromatic rings. The molecule has 4 nitrogen and oxygen atoms in total. The summed E-state index contributed by atoms with van der Waals surface area (Å²) in [6, 6.07) is 0. The summed E-state index contributed by atoms with van der Waals surface area (Å²) in [7, 11) is 0. The number of hydrogen-bond acceptors (Lipinski definition) is 3. The van der Waals surface area contributed by atoms with Gasteiger partial charge in [-0.15, -0.1) is 0 Å². The molecule has 1 atom stereocenters. The number of hydrogen-bond donors (Lipinski definition) is 1. The van der Waals surface area contributed by atoms with Gasteiger partial charge in [0.15, 0.2) is 0 Å². The van der Waals surface area contributed by atoms with Gasteiger partial charge in [-0.1, -0.05) is 27.2 Å². The smallest absolute Gasteiger partial charge is 0.283 e. The van der Waals surface area contributed by atoms with Crippen LogP contribution in [0.2, 0.25) is 0 Å². The van der Waals surface area contributed by atoms with Crippen molar-refractivity contribution in [3.8, 4) is 0 Å². The van der Waals surface area contributed by atoms with Crippen molar-refractivity contribution in [3.05, 3.63) is 0 Å². The minimum absolute atomic E-state index is 0.213. The number of carbonyl (C=O) groups is 1. The van der Waals surface area contributed by atoms with E-state index in [-0.39, 0.29) is 11.8 Å². The van der Waals surface area contributed by atoms with Gasteiger partial charge in [-0.25, -0.2) is 0 Å². The van der Waals surface area contributed by atoms with Crippen molar-refractivity contribution in [1.82, 2.24) is 4.90 Å². The van der Waals surface area contributed by atoms with E-state index in [1.807, 2.05) is 0 Å². The molecule has 0 bridgehead atoms. The minimum Gasteiger partial charge on any atom is -0.358 e. The first-order chi connectivity index (χ1) is 7.02. The third-order valence-electron chi connectivity index (χ3n) is 2.84. The Hall–Kier alpha value is -0.610. The van der Waals surface area contributed by atoms with Crippen LogP contribution in [0.25, 0.3) is 0 Å². The van der Waals surface area contributed by atoms with Crippen molar-refractivity contribution < 1.29 is 14.6 Å². The second-order valence-electron chi connectivity index (χ2n) is 4.35. The van der Waals surface area contributed by atoms with Crippen molar-refractivity contribution in [2.45, 2.75) is 39.4 Å². The number of unbranched alkanes of at least 4 members (excludes halogenated alkanes) is 1. The maximum Gasteiger partial charge on any atom is 0.283 e. The highest BCUT2D eigenvalue weighted by Crippen LogP contribution is 2.25. The molecule has 0 spiro atoms. The maximum absolute atomic E-state index is 11.9. The zero-order valence-electron chi connectivity index (χ0n) is 9.82. The monoisotopic (exact) mass is 215 g/mol. The average Bonchev–Trinajstić information content (AvgIpc) is 2.20. The first-order valence-electron chi connectivity index (χ1n) is 5.68. The lowest BCUT2D eigenvalue weighted by Gasteiger charge is -2.40. The Morgan fingerprint density at radius 3 is 2.80 bits per heavy atom. The van der Waals surface area contributed by atoms with E-state index in [9.17, 15) is 9.90 Å². The lowest BCUT2D eigenvalue weighted by molar-refractivity contribution is -0.249. The molecule has 1 rings (SSSR count). The predicted octanol–water partition coefficient (Wildman–Crippen LogP) is 0.990. The summed E-state index contributed by atoms with van der Waals surface area (Å²) >= 11 is 0. The van der Waals surface area contributed by atoms with Crippen LogP contribution in [0.4, 0.5) is 0 Å². The zero-order chi connectivity index (χ0) is 11.5. The van der Waals surface area contributed by atoms with Crippen LogP contribution in [0.15, 0.2) is 0 Å². The number of nitrogens with zero attached hydrogens (tertiary/aromatic N) is 1. The quantitative estimate of drug-likeness (QED) is 0.761. The van der Waals surface area contributed by atoms with E-state index in [0.29, 0.717) is 19.7 Å². The van der Waals surface area contributed by atoms with E-state index < -0.39 is 5.79 Å². The van der Waals surface area contributed by atoms with Crippen molar-refractivity contribution in [3.63, 3.8) is 0 Å². The van der Waals surface area contributed by atoms with Crippen LogP contribution in [0.3, 0.4) is 0 Å². The van der Waals surface area contributed by atoms with Gasteiger partial charge in [0, 0.05) is 19.0 Å². The van der Waals surface area contributed by atoms with Crippen LogP contribution in [0.5, 0.6) is 0 Å². The first kappa shape index (κ1) is 12.5. The standard InChI is InChI=1S/C11H21NO3/c1-4-5-6-12-7-8-15-11(14,9(2)3)10(12)13/h9,14H,4-8H2,1-3H3. The fraction of sp³-hybridized carbons (Fsp3) is 0.909. The zero-order valence-corrected chi connectivity index (χ0v) is 9.82. The third kappa shape index (κ3) is 2.49. The molecule has 0 saturated carbocycles. The van der Waals surface area contributed by atoms with Gasteiger partial charge in [0.2, 0.25) is 5.79 Å². The maximum atomic E-state index is 11.9. The Kier molecular flexibility index (Phi) is 4.11. The number of morpholine rings is 1. The van der Waals surface area contributed by atoms with Crippen LogP contribution in [-0.4, -0.2) is 41.4 Å². The minimum atomic E-state index is -1.61. The molecule has 1 unspecified atom stereocenters. The topological polar surface area (TPSA) is 49.8 Å². The number of aliphatic hydroxyl groups is 1. The van der Waals surface area contributed by atoms with Gasteiger partial charge >= 0.3 is 0 Å². The summed E-state index contributed by atoms with van der Waals surface area (Å²) in [5.41, 5.74) is 0. The van der Waals surface area contributed by atoms with E-state index in [4.69, 9.17) is 4.74 Å². The summed E-state index contributed by atoms with van der Waals surface area (Å²) in [6.07, 6.45) is 2.02. The summed E-state index contributed by atoms with van der Waals surface area (Å²) < 4.78 is 5.21. The Labute approximate surface area is 91.2 Å². The molecule has 1 amide bonds. The van der Waals surface area contributed by atoms with Gasteiger partial charge in [0.05, 0.1) is 6.61 Å². The molecule has 1 N–H and O–H groups in total. The fourth-order valence-corrected chi connectivity index (χ4v) is 1.68. The van der Waals surface area contributed by atoms with E-state index in [0.717, 1.165) is 12.8 Å². The van der Waals surface area contributed by atoms with Crippen LogP contribution >= 0.6 is 0 Å². The van der Waals surface area contributed by atoms with Crippen molar-refractivity contribution >= 4 is 5.91 Å². The molecular formula is C11H21NO3. The Bertz CT molecular complexity index is 230. The molecular weight excluding hydrogens is 194 g/mol. The molecule has 88 valence electrons. The number of carbonyl (C=O) groups excluding carboxylic acids is 1. The lowest BCUT2D eigenvalue weighted by atomic mass is 10.00. The molecule has 1 aliphatic heterocycles. The normalized spacial score (nSPS) is 27.5. The number of ether oxygens (including phenoxy) is 1. The second-order valence-corrected chi connectivity index (χ2v) is 4.35. The van der Waals surface area contributed by atoms with E-state index >= 15 is 0 Å². The third-order valence-corrected chi connectivity index (χ3v) is 2.84. The van der Waals surface area contributed by atoms with Crippen LogP contribution < -0.4 is 0 Å². The van der Waals surface area contributed by atoms with Gasteiger partial charge < -0.3 is 14.7 Å². The molecule has 1 aliphatic rings. The van der Waals surface area contributed by atoms with Gasteiger partial charge in [-0.3, -0.25) is 4.79 Å².